The highest BCUT2D eigenvalue weighted by molar-refractivity contribution is 5.95. The summed E-state index contributed by atoms with van der Waals surface area (Å²) in [5, 5.41) is 4.40. The topological polar surface area (TPSA) is 64.2 Å². The quantitative estimate of drug-likeness (QED) is 0.911. The number of nitrogens with two attached hydrogens (primary N) is 1. The smallest absolute Gasteiger partial charge is 0.257 e. The molecule has 0 aromatic carbocycles. The number of hydrogen-bond donors (Lipinski definition) is 1. The van der Waals surface area contributed by atoms with Crippen molar-refractivity contribution >= 4 is 5.91 Å². The van der Waals surface area contributed by atoms with Crippen molar-refractivity contribution in [1.82, 2.24) is 14.7 Å². The molecule has 1 saturated heterocycles. The van der Waals surface area contributed by atoms with Gasteiger partial charge in [-0.1, -0.05) is 20.8 Å². The van der Waals surface area contributed by atoms with Gasteiger partial charge in [-0.15, -0.1) is 0 Å². The second-order valence-corrected chi connectivity index (χ2v) is 6.17. The molecule has 0 radical (unpaired) electrons. The summed E-state index contributed by atoms with van der Waals surface area (Å²) in [5.74, 6) is 0.972. The molecule has 0 spiro atoms. The first-order valence-corrected chi connectivity index (χ1v) is 7.53. The van der Waals surface area contributed by atoms with Gasteiger partial charge in [0.25, 0.3) is 5.91 Å². The highest BCUT2D eigenvalue weighted by Gasteiger charge is 2.35. The Morgan fingerprint density at radius 2 is 2.20 bits per heavy atom. The van der Waals surface area contributed by atoms with Crippen LogP contribution in [-0.4, -0.2) is 39.7 Å². The number of carbonyl (C=O) groups excluding carboxylic acids is 1. The van der Waals surface area contributed by atoms with Crippen LogP contribution in [-0.2, 0) is 6.54 Å². The zero-order valence-electron chi connectivity index (χ0n) is 13.0. The molecule has 2 heterocycles. The monoisotopic (exact) mass is 278 g/mol. The zero-order valence-corrected chi connectivity index (χ0v) is 13.0. The zero-order chi connectivity index (χ0) is 14.9. The Balaban J connectivity index is 2.12. The maximum absolute atomic E-state index is 12.6. The van der Waals surface area contributed by atoms with Crippen molar-refractivity contribution in [2.75, 3.05) is 13.1 Å². The molecule has 5 heteroatoms. The van der Waals surface area contributed by atoms with Crippen molar-refractivity contribution in [1.29, 1.82) is 0 Å². The Morgan fingerprint density at radius 1 is 1.50 bits per heavy atom. The first-order chi connectivity index (χ1) is 9.43. The molecule has 2 atom stereocenters. The van der Waals surface area contributed by atoms with E-state index < -0.39 is 0 Å². The van der Waals surface area contributed by atoms with Crippen molar-refractivity contribution in [3.8, 4) is 0 Å². The molecule has 1 aromatic heterocycles. The molecule has 2 N–H and O–H groups in total. The SMILES string of the molecule is CCCn1cc(C(=O)N2C[C@H](C(C)C)[C@@H](N)C2)c(C)n1. The van der Waals surface area contributed by atoms with Crippen LogP contribution in [0.15, 0.2) is 6.20 Å². The van der Waals surface area contributed by atoms with Gasteiger partial charge in [-0.25, -0.2) is 0 Å². The summed E-state index contributed by atoms with van der Waals surface area (Å²) in [6, 6.07) is 0.0879. The van der Waals surface area contributed by atoms with E-state index in [1.807, 2.05) is 22.7 Å². The average molecular weight is 278 g/mol. The van der Waals surface area contributed by atoms with Crippen LogP contribution in [0.1, 0.15) is 43.2 Å². The fraction of sp³-hybridized carbons (Fsp3) is 0.733. The summed E-state index contributed by atoms with van der Waals surface area (Å²) in [5.41, 5.74) is 7.69. The third kappa shape index (κ3) is 2.87. The van der Waals surface area contributed by atoms with Crippen LogP contribution >= 0.6 is 0 Å². The number of amides is 1. The van der Waals surface area contributed by atoms with Crippen LogP contribution in [0.5, 0.6) is 0 Å². The Kier molecular flexibility index (Phi) is 4.48. The Morgan fingerprint density at radius 3 is 2.75 bits per heavy atom. The van der Waals surface area contributed by atoms with E-state index in [1.165, 1.54) is 0 Å². The molecule has 0 aliphatic carbocycles. The number of nitrogens with zero attached hydrogens (tertiary/aromatic N) is 3. The highest BCUT2D eigenvalue weighted by atomic mass is 16.2. The summed E-state index contributed by atoms with van der Waals surface area (Å²) in [7, 11) is 0. The van der Waals surface area contributed by atoms with E-state index in [4.69, 9.17) is 5.73 Å². The highest BCUT2D eigenvalue weighted by Crippen LogP contribution is 2.24. The van der Waals surface area contributed by atoms with Crippen molar-refractivity contribution in [2.45, 2.75) is 46.7 Å². The molecule has 0 unspecified atom stereocenters. The second-order valence-electron chi connectivity index (χ2n) is 6.17. The van der Waals surface area contributed by atoms with E-state index in [2.05, 4.69) is 25.9 Å². The first kappa shape index (κ1) is 15.0. The maximum atomic E-state index is 12.6. The van der Waals surface area contributed by atoms with Gasteiger partial charge in [0.05, 0.1) is 11.3 Å². The van der Waals surface area contributed by atoms with E-state index in [0.717, 1.165) is 30.8 Å². The minimum Gasteiger partial charge on any atom is -0.337 e. The summed E-state index contributed by atoms with van der Waals surface area (Å²) in [6.45, 7) is 10.6. The molecule has 2 rings (SSSR count). The Labute approximate surface area is 121 Å². The first-order valence-electron chi connectivity index (χ1n) is 7.53. The minimum absolute atomic E-state index is 0.0726. The van der Waals surface area contributed by atoms with Gasteiger partial charge in [0.15, 0.2) is 0 Å². The van der Waals surface area contributed by atoms with Crippen LogP contribution in [0.2, 0.25) is 0 Å². The van der Waals surface area contributed by atoms with Crippen molar-refractivity contribution in [2.24, 2.45) is 17.6 Å². The fourth-order valence-electron chi connectivity index (χ4n) is 2.97. The number of likely N-dealkylation sites (tertiary alicyclic amines) is 1. The molecular weight excluding hydrogens is 252 g/mol. The number of aromatic nitrogens is 2. The third-order valence-corrected chi connectivity index (χ3v) is 4.19. The van der Waals surface area contributed by atoms with E-state index in [1.54, 1.807) is 0 Å². The third-order valence-electron chi connectivity index (χ3n) is 4.19. The molecular formula is C15H26N4O. The largest absolute Gasteiger partial charge is 0.337 e. The maximum Gasteiger partial charge on any atom is 0.257 e. The lowest BCUT2D eigenvalue weighted by Gasteiger charge is -2.18. The lowest BCUT2D eigenvalue weighted by Crippen LogP contribution is -2.33. The standard InChI is InChI=1S/C15H26N4O/c1-5-6-19-8-13(11(4)17-19)15(20)18-7-12(10(2)3)14(16)9-18/h8,10,12,14H,5-7,9,16H2,1-4H3/t12-,14+/m1/s1. The van der Waals surface area contributed by atoms with Gasteiger partial charge >= 0.3 is 0 Å². The van der Waals surface area contributed by atoms with Crippen LogP contribution in [0, 0.1) is 18.8 Å². The van der Waals surface area contributed by atoms with E-state index in [0.29, 0.717) is 18.4 Å². The molecule has 0 saturated carbocycles. The number of aryl methyl sites for hydroxylation is 2. The number of carbonyl (C=O) groups is 1. The molecule has 1 aliphatic rings. The van der Waals surface area contributed by atoms with Crippen LogP contribution in [0.3, 0.4) is 0 Å². The van der Waals surface area contributed by atoms with Gasteiger partial charge in [0.1, 0.15) is 0 Å². The Hall–Kier alpha value is -1.36. The molecule has 1 aromatic rings. The van der Waals surface area contributed by atoms with Gasteiger partial charge < -0.3 is 10.6 Å². The number of hydrogen-bond acceptors (Lipinski definition) is 3. The normalized spacial score (nSPS) is 22.8. The van der Waals surface area contributed by atoms with Gasteiger partial charge in [-0.05, 0) is 25.2 Å². The van der Waals surface area contributed by atoms with E-state index in [9.17, 15) is 4.79 Å². The second kappa shape index (κ2) is 5.95. The predicted octanol–water partition coefficient (Wildman–Crippen LogP) is 1.66. The van der Waals surface area contributed by atoms with E-state index in [-0.39, 0.29) is 11.9 Å². The van der Waals surface area contributed by atoms with Gasteiger partial charge in [0.2, 0.25) is 0 Å². The lowest BCUT2D eigenvalue weighted by molar-refractivity contribution is 0.0782. The van der Waals surface area contributed by atoms with Gasteiger partial charge in [0, 0.05) is 31.9 Å². The summed E-state index contributed by atoms with van der Waals surface area (Å²) >= 11 is 0. The van der Waals surface area contributed by atoms with Crippen LogP contribution in [0.4, 0.5) is 0 Å². The van der Waals surface area contributed by atoms with Crippen LogP contribution < -0.4 is 5.73 Å². The van der Waals surface area contributed by atoms with E-state index >= 15 is 0 Å². The van der Waals surface area contributed by atoms with Gasteiger partial charge in [-0.3, -0.25) is 9.48 Å². The van der Waals surface area contributed by atoms with Crippen molar-refractivity contribution < 1.29 is 4.79 Å². The fourth-order valence-corrected chi connectivity index (χ4v) is 2.97. The predicted molar refractivity (Wildman–Crippen MR) is 79.5 cm³/mol. The molecule has 5 nitrogen and oxygen atoms in total. The number of rotatable bonds is 4. The molecule has 1 fully saturated rings. The van der Waals surface area contributed by atoms with Crippen molar-refractivity contribution in [3.05, 3.63) is 17.5 Å². The summed E-state index contributed by atoms with van der Waals surface area (Å²) in [6.07, 6.45) is 2.88. The average Bonchev–Trinajstić information content (AvgIpc) is 2.92. The van der Waals surface area contributed by atoms with Crippen molar-refractivity contribution in [3.63, 3.8) is 0 Å². The Bertz CT molecular complexity index is 480. The molecule has 0 bridgehead atoms. The molecule has 1 amide bonds. The molecule has 1 aliphatic heterocycles. The molecule has 112 valence electrons. The summed E-state index contributed by atoms with van der Waals surface area (Å²) in [4.78, 5) is 14.5. The van der Waals surface area contributed by atoms with Crippen LogP contribution in [0.25, 0.3) is 0 Å². The summed E-state index contributed by atoms with van der Waals surface area (Å²) < 4.78 is 1.86. The van der Waals surface area contributed by atoms with Gasteiger partial charge in [-0.2, -0.15) is 5.10 Å². The molecule has 20 heavy (non-hydrogen) atoms. The lowest BCUT2D eigenvalue weighted by atomic mass is 9.92. The minimum atomic E-state index is 0.0726.